The molecule has 2 heterocycles. The fourth-order valence-corrected chi connectivity index (χ4v) is 3.92. The highest BCUT2D eigenvalue weighted by Gasteiger charge is 2.36. The van der Waals surface area contributed by atoms with Crippen LogP contribution in [0.5, 0.6) is 11.5 Å². The molecular formula is C22H18N2O7S. The maximum absolute atomic E-state index is 12.6. The van der Waals surface area contributed by atoms with E-state index in [-0.39, 0.29) is 4.91 Å². The molecule has 2 aliphatic heterocycles. The summed E-state index contributed by atoms with van der Waals surface area (Å²) >= 11 is 0.749. The molecular weight excluding hydrogens is 436 g/mol. The molecule has 4 rings (SSSR count). The normalized spacial score (nSPS) is 16.3. The van der Waals surface area contributed by atoms with Gasteiger partial charge in [-0.15, -0.1) is 0 Å². The Bertz CT molecular complexity index is 1130. The lowest BCUT2D eigenvalue weighted by molar-refractivity contribution is -0.127. The summed E-state index contributed by atoms with van der Waals surface area (Å²) in [6.45, 7) is 0.456. The van der Waals surface area contributed by atoms with Crippen LogP contribution in [0.25, 0.3) is 6.08 Å². The second-order valence-corrected chi connectivity index (χ2v) is 7.78. The van der Waals surface area contributed by atoms with Gasteiger partial charge in [-0.05, 0) is 47.7 Å². The first kappa shape index (κ1) is 21.4. The third kappa shape index (κ3) is 4.59. The van der Waals surface area contributed by atoms with Crippen molar-refractivity contribution in [2.75, 3.05) is 32.2 Å². The number of benzene rings is 2. The Balaban J connectivity index is 1.41. The number of carbonyl (C=O) groups excluding carboxylic acids is 4. The number of esters is 1. The van der Waals surface area contributed by atoms with E-state index in [1.165, 1.54) is 13.2 Å². The number of hydrogen-bond acceptors (Lipinski definition) is 8. The first-order valence-corrected chi connectivity index (χ1v) is 10.4. The molecule has 1 saturated heterocycles. The predicted molar refractivity (Wildman–Crippen MR) is 117 cm³/mol. The molecule has 10 heteroatoms. The average molecular weight is 454 g/mol. The van der Waals surface area contributed by atoms with Gasteiger partial charge >= 0.3 is 5.97 Å². The van der Waals surface area contributed by atoms with Crippen LogP contribution in [-0.2, 0) is 14.3 Å². The van der Waals surface area contributed by atoms with E-state index in [1.54, 1.807) is 42.5 Å². The summed E-state index contributed by atoms with van der Waals surface area (Å²) in [5.74, 6) is -0.450. The molecule has 0 radical (unpaired) electrons. The van der Waals surface area contributed by atoms with Gasteiger partial charge in [-0.3, -0.25) is 19.3 Å². The highest BCUT2D eigenvalue weighted by atomic mass is 32.2. The smallest absolute Gasteiger partial charge is 0.337 e. The van der Waals surface area contributed by atoms with Crippen molar-refractivity contribution in [3.8, 4) is 11.5 Å². The summed E-state index contributed by atoms with van der Waals surface area (Å²) in [7, 11) is 1.29. The van der Waals surface area contributed by atoms with Crippen LogP contribution >= 0.6 is 11.8 Å². The molecule has 0 atom stereocenters. The highest BCUT2D eigenvalue weighted by molar-refractivity contribution is 8.18. The topological polar surface area (TPSA) is 111 Å². The van der Waals surface area contributed by atoms with Crippen LogP contribution in [-0.4, -0.2) is 54.8 Å². The number of anilines is 1. The minimum Gasteiger partial charge on any atom is -0.486 e. The van der Waals surface area contributed by atoms with Crippen molar-refractivity contribution in [1.82, 2.24) is 4.90 Å². The number of imide groups is 1. The zero-order valence-electron chi connectivity index (χ0n) is 17.0. The Morgan fingerprint density at radius 3 is 2.53 bits per heavy atom. The fourth-order valence-electron chi connectivity index (χ4n) is 3.09. The number of ether oxygens (including phenoxy) is 3. The molecule has 9 nitrogen and oxygen atoms in total. The van der Waals surface area contributed by atoms with Gasteiger partial charge < -0.3 is 19.5 Å². The first-order valence-electron chi connectivity index (χ1n) is 9.58. The van der Waals surface area contributed by atoms with Crippen LogP contribution in [0, 0.1) is 0 Å². The monoisotopic (exact) mass is 454 g/mol. The van der Waals surface area contributed by atoms with E-state index in [0.29, 0.717) is 41.5 Å². The molecule has 2 aromatic rings. The van der Waals surface area contributed by atoms with E-state index in [2.05, 4.69) is 10.1 Å². The van der Waals surface area contributed by atoms with Crippen LogP contribution in [0.2, 0.25) is 0 Å². The Morgan fingerprint density at radius 2 is 1.81 bits per heavy atom. The van der Waals surface area contributed by atoms with Gasteiger partial charge in [0.15, 0.2) is 11.5 Å². The number of thioether (sulfide) groups is 1. The highest BCUT2D eigenvalue weighted by Crippen LogP contribution is 2.34. The van der Waals surface area contributed by atoms with Gasteiger partial charge in [0.2, 0.25) is 5.91 Å². The minimum atomic E-state index is -0.561. The van der Waals surface area contributed by atoms with E-state index in [9.17, 15) is 19.2 Å². The summed E-state index contributed by atoms with van der Waals surface area (Å²) in [5, 5.41) is 2.12. The number of fused-ring (bicyclic) bond motifs is 1. The van der Waals surface area contributed by atoms with E-state index < -0.39 is 29.6 Å². The number of nitrogens with zero attached hydrogens (tertiary/aromatic N) is 1. The zero-order chi connectivity index (χ0) is 22.7. The average Bonchev–Trinajstić information content (AvgIpc) is 3.06. The lowest BCUT2D eigenvalue weighted by atomic mass is 10.1. The Kier molecular flexibility index (Phi) is 6.13. The van der Waals surface area contributed by atoms with E-state index >= 15 is 0 Å². The van der Waals surface area contributed by atoms with Crippen molar-refractivity contribution in [3.05, 3.63) is 58.5 Å². The summed E-state index contributed by atoms with van der Waals surface area (Å²) in [6, 6.07) is 11.3. The second-order valence-electron chi connectivity index (χ2n) is 6.79. The van der Waals surface area contributed by atoms with Crippen LogP contribution < -0.4 is 14.8 Å². The molecule has 0 unspecified atom stereocenters. The van der Waals surface area contributed by atoms with Crippen molar-refractivity contribution in [1.29, 1.82) is 0 Å². The molecule has 32 heavy (non-hydrogen) atoms. The van der Waals surface area contributed by atoms with Crippen LogP contribution in [0.1, 0.15) is 15.9 Å². The predicted octanol–water partition coefficient (Wildman–Crippen LogP) is 2.92. The SMILES string of the molecule is COC(=O)c1ccc(/C=C2/SC(=O)N(CC(=O)Nc3ccc4c(c3)OCCO4)C2=O)cc1. The van der Waals surface area contributed by atoms with Gasteiger partial charge in [-0.2, -0.15) is 0 Å². The van der Waals surface area contributed by atoms with Crippen LogP contribution in [0.15, 0.2) is 47.4 Å². The number of nitrogens with one attached hydrogen (secondary N) is 1. The Labute approximate surface area is 187 Å². The molecule has 3 amide bonds. The van der Waals surface area contributed by atoms with Crippen LogP contribution in [0.3, 0.4) is 0 Å². The molecule has 1 N–H and O–H groups in total. The van der Waals surface area contributed by atoms with Crippen molar-refractivity contribution < 1.29 is 33.4 Å². The number of hydrogen-bond donors (Lipinski definition) is 1. The molecule has 0 bridgehead atoms. The number of methoxy groups -OCH3 is 1. The van der Waals surface area contributed by atoms with Crippen molar-refractivity contribution >= 4 is 46.5 Å². The van der Waals surface area contributed by atoms with E-state index in [0.717, 1.165) is 16.7 Å². The molecule has 1 fully saturated rings. The minimum absolute atomic E-state index is 0.188. The third-order valence-electron chi connectivity index (χ3n) is 4.63. The quantitative estimate of drug-likeness (QED) is 0.542. The molecule has 2 aliphatic rings. The number of rotatable bonds is 5. The molecule has 2 aromatic carbocycles. The zero-order valence-corrected chi connectivity index (χ0v) is 17.8. The summed E-state index contributed by atoms with van der Waals surface area (Å²) < 4.78 is 15.6. The fraction of sp³-hybridized carbons (Fsp3) is 0.182. The number of amides is 3. The molecule has 0 saturated carbocycles. The third-order valence-corrected chi connectivity index (χ3v) is 5.54. The lowest BCUT2D eigenvalue weighted by Gasteiger charge is -2.19. The Hall–Kier alpha value is -3.79. The van der Waals surface area contributed by atoms with Crippen LogP contribution in [0.4, 0.5) is 10.5 Å². The molecule has 164 valence electrons. The molecule has 0 aromatic heterocycles. The van der Waals surface area contributed by atoms with Gasteiger partial charge in [0.05, 0.1) is 17.6 Å². The second kappa shape index (κ2) is 9.15. The maximum Gasteiger partial charge on any atom is 0.337 e. The van der Waals surface area contributed by atoms with Gasteiger partial charge in [0.1, 0.15) is 19.8 Å². The van der Waals surface area contributed by atoms with Gasteiger partial charge in [-0.25, -0.2) is 4.79 Å². The first-order chi connectivity index (χ1) is 15.4. The number of carbonyl (C=O) groups is 4. The van der Waals surface area contributed by atoms with Gasteiger partial charge in [0.25, 0.3) is 11.1 Å². The van der Waals surface area contributed by atoms with E-state index in [4.69, 9.17) is 9.47 Å². The standard InChI is InChI=1S/C22H18N2O7S/c1-29-21(27)14-4-2-13(3-5-14)10-18-20(26)24(22(28)32-18)12-19(25)23-15-6-7-16-17(11-15)31-9-8-30-16/h2-7,10-11H,8-9,12H2,1H3,(H,23,25)/b18-10+. The Morgan fingerprint density at radius 1 is 1.09 bits per heavy atom. The largest absolute Gasteiger partial charge is 0.486 e. The van der Waals surface area contributed by atoms with Crippen molar-refractivity contribution in [2.45, 2.75) is 0 Å². The summed E-state index contributed by atoms with van der Waals surface area (Å²) in [5.41, 5.74) is 1.46. The van der Waals surface area contributed by atoms with Gasteiger partial charge in [0, 0.05) is 11.8 Å². The molecule has 0 aliphatic carbocycles. The summed E-state index contributed by atoms with van der Waals surface area (Å²) in [4.78, 5) is 49.9. The van der Waals surface area contributed by atoms with Crippen molar-refractivity contribution in [2.24, 2.45) is 0 Å². The van der Waals surface area contributed by atoms with E-state index in [1.807, 2.05) is 0 Å². The van der Waals surface area contributed by atoms with Gasteiger partial charge in [-0.1, -0.05) is 12.1 Å². The lowest BCUT2D eigenvalue weighted by Crippen LogP contribution is -2.36. The maximum atomic E-state index is 12.6. The summed E-state index contributed by atoms with van der Waals surface area (Å²) in [6.07, 6.45) is 1.53. The molecule has 0 spiro atoms. The van der Waals surface area contributed by atoms with Crippen molar-refractivity contribution in [3.63, 3.8) is 0 Å².